The van der Waals surface area contributed by atoms with Gasteiger partial charge in [0.05, 0.1) is 0 Å². The number of aliphatic carboxylic acids is 1. The fourth-order valence-corrected chi connectivity index (χ4v) is 2.33. The molecule has 27 heavy (non-hydrogen) atoms. The number of ether oxygens (including phenoxy) is 2. The molecule has 0 bridgehead atoms. The molecule has 0 aliphatic carbocycles. The predicted octanol–water partition coefficient (Wildman–Crippen LogP) is 3.96. The van der Waals surface area contributed by atoms with Gasteiger partial charge in [-0.3, -0.25) is 0 Å². The van der Waals surface area contributed by atoms with E-state index in [1.165, 1.54) is 13.8 Å². The number of carboxylic acids is 1. The molecule has 2 N–H and O–H groups in total. The van der Waals surface area contributed by atoms with Gasteiger partial charge in [-0.25, -0.2) is 9.59 Å². The Bertz CT molecular complexity index is 756. The highest BCUT2D eigenvalue weighted by molar-refractivity contribution is 5.76. The molecule has 2 aromatic carbocycles. The Morgan fingerprint density at radius 3 is 2.30 bits per heavy atom. The van der Waals surface area contributed by atoms with Crippen LogP contribution in [0, 0.1) is 0 Å². The largest absolute Gasteiger partial charge is 0.478 e. The SMILES string of the molecule is CC(CNC(=O)OCc1ccccc1)c1ccc(OC(C)(C)C(=O)O)cc1. The number of nitrogens with one attached hydrogen (secondary N) is 1. The zero-order chi connectivity index (χ0) is 19.9. The second kappa shape index (κ2) is 9.07. The molecule has 0 aliphatic heterocycles. The van der Waals surface area contributed by atoms with Gasteiger partial charge in [0.15, 0.2) is 5.60 Å². The summed E-state index contributed by atoms with van der Waals surface area (Å²) in [6.07, 6.45) is -0.464. The van der Waals surface area contributed by atoms with Crippen LogP contribution in [-0.2, 0) is 16.1 Å². The first-order valence-corrected chi connectivity index (χ1v) is 8.75. The van der Waals surface area contributed by atoms with E-state index in [9.17, 15) is 9.59 Å². The number of carbonyl (C=O) groups is 2. The van der Waals surface area contributed by atoms with E-state index in [1.807, 2.05) is 49.4 Å². The molecule has 0 aromatic heterocycles. The van der Waals surface area contributed by atoms with Crippen molar-refractivity contribution in [3.05, 3.63) is 65.7 Å². The van der Waals surface area contributed by atoms with Gasteiger partial charge in [-0.05, 0) is 43.0 Å². The Morgan fingerprint density at radius 1 is 1.07 bits per heavy atom. The molecule has 0 heterocycles. The number of carbonyl (C=O) groups excluding carboxylic acids is 1. The van der Waals surface area contributed by atoms with E-state index in [1.54, 1.807) is 12.1 Å². The molecule has 1 amide bonds. The average Bonchev–Trinajstić information content (AvgIpc) is 2.65. The van der Waals surface area contributed by atoms with Crippen LogP contribution < -0.4 is 10.1 Å². The van der Waals surface area contributed by atoms with Crippen LogP contribution in [0.2, 0.25) is 0 Å². The van der Waals surface area contributed by atoms with Crippen LogP contribution in [0.15, 0.2) is 54.6 Å². The lowest BCUT2D eigenvalue weighted by atomic mass is 10.0. The first kappa shape index (κ1) is 20.3. The van der Waals surface area contributed by atoms with Gasteiger partial charge >= 0.3 is 12.1 Å². The minimum Gasteiger partial charge on any atom is -0.478 e. The van der Waals surface area contributed by atoms with Crippen molar-refractivity contribution < 1.29 is 24.2 Å². The Hall–Kier alpha value is -3.02. The molecule has 2 rings (SSSR count). The Balaban J connectivity index is 1.80. The molecule has 1 unspecified atom stereocenters. The van der Waals surface area contributed by atoms with Crippen molar-refractivity contribution in [2.75, 3.05) is 6.54 Å². The van der Waals surface area contributed by atoms with Crippen molar-refractivity contribution >= 4 is 12.1 Å². The topological polar surface area (TPSA) is 84.9 Å². The Morgan fingerprint density at radius 2 is 1.70 bits per heavy atom. The molecule has 1 atom stereocenters. The number of alkyl carbamates (subject to hydrolysis) is 1. The summed E-state index contributed by atoms with van der Waals surface area (Å²) in [4.78, 5) is 22.9. The normalized spacial score (nSPS) is 12.1. The lowest BCUT2D eigenvalue weighted by Crippen LogP contribution is -2.37. The molecule has 0 fully saturated rings. The van der Waals surface area contributed by atoms with Gasteiger partial charge in [0.1, 0.15) is 12.4 Å². The third kappa shape index (κ3) is 6.33. The number of hydrogen-bond acceptors (Lipinski definition) is 4. The molecule has 6 heteroatoms. The van der Waals surface area contributed by atoms with Crippen LogP contribution in [0.3, 0.4) is 0 Å². The van der Waals surface area contributed by atoms with Gasteiger partial charge in [-0.1, -0.05) is 49.4 Å². The maximum atomic E-state index is 11.8. The van der Waals surface area contributed by atoms with Crippen molar-refractivity contribution in [3.8, 4) is 5.75 Å². The summed E-state index contributed by atoms with van der Waals surface area (Å²) in [5.74, 6) is -0.484. The van der Waals surface area contributed by atoms with Crippen LogP contribution in [0.25, 0.3) is 0 Å². The van der Waals surface area contributed by atoms with E-state index in [-0.39, 0.29) is 12.5 Å². The molecule has 6 nitrogen and oxygen atoms in total. The summed E-state index contributed by atoms with van der Waals surface area (Å²) in [5.41, 5.74) is 0.636. The van der Waals surface area contributed by atoms with E-state index in [0.29, 0.717) is 12.3 Å². The van der Waals surface area contributed by atoms with E-state index in [4.69, 9.17) is 14.6 Å². The summed E-state index contributed by atoms with van der Waals surface area (Å²) in [5, 5.41) is 11.9. The molecule has 0 saturated heterocycles. The molecule has 0 spiro atoms. The van der Waals surface area contributed by atoms with Crippen molar-refractivity contribution in [3.63, 3.8) is 0 Å². The average molecular weight is 371 g/mol. The number of rotatable bonds is 8. The fraction of sp³-hybridized carbons (Fsp3) is 0.333. The number of hydrogen-bond donors (Lipinski definition) is 2. The van der Waals surface area contributed by atoms with E-state index in [2.05, 4.69) is 5.32 Å². The van der Waals surface area contributed by atoms with Crippen LogP contribution in [0.4, 0.5) is 4.79 Å². The lowest BCUT2D eigenvalue weighted by molar-refractivity contribution is -0.152. The summed E-state index contributed by atoms with van der Waals surface area (Å²) in [6.45, 7) is 5.63. The van der Waals surface area contributed by atoms with Crippen LogP contribution >= 0.6 is 0 Å². The van der Waals surface area contributed by atoms with Gasteiger partial charge in [-0.2, -0.15) is 0 Å². The van der Waals surface area contributed by atoms with E-state index < -0.39 is 17.7 Å². The molecule has 0 radical (unpaired) electrons. The minimum atomic E-state index is -1.29. The predicted molar refractivity (Wildman–Crippen MR) is 102 cm³/mol. The first-order valence-electron chi connectivity index (χ1n) is 8.75. The molecule has 0 aliphatic rings. The second-order valence-electron chi connectivity index (χ2n) is 6.83. The summed E-state index contributed by atoms with van der Waals surface area (Å²) in [7, 11) is 0. The Labute approximate surface area is 159 Å². The van der Waals surface area contributed by atoms with Crippen molar-refractivity contribution in [1.29, 1.82) is 0 Å². The number of amides is 1. The molecule has 0 saturated carbocycles. The van der Waals surface area contributed by atoms with E-state index in [0.717, 1.165) is 11.1 Å². The fourth-order valence-electron chi connectivity index (χ4n) is 2.33. The third-order valence-corrected chi connectivity index (χ3v) is 4.10. The smallest absolute Gasteiger partial charge is 0.407 e. The van der Waals surface area contributed by atoms with E-state index >= 15 is 0 Å². The van der Waals surface area contributed by atoms with Crippen molar-refractivity contribution in [2.24, 2.45) is 0 Å². The third-order valence-electron chi connectivity index (χ3n) is 4.10. The summed E-state index contributed by atoms with van der Waals surface area (Å²) < 4.78 is 10.7. The maximum Gasteiger partial charge on any atom is 0.407 e. The number of carboxylic acid groups (broad SMARTS) is 1. The minimum absolute atomic E-state index is 0.0656. The number of benzene rings is 2. The van der Waals surface area contributed by atoms with Crippen LogP contribution in [-0.4, -0.2) is 29.3 Å². The monoisotopic (exact) mass is 371 g/mol. The quantitative estimate of drug-likeness (QED) is 0.734. The highest BCUT2D eigenvalue weighted by Gasteiger charge is 2.29. The molecular formula is C21H25NO5. The Kier molecular flexibility index (Phi) is 6.82. The van der Waals surface area contributed by atoms with Crippen molar-refractivity contribution in [1.82, 2.24) is 5.32 Å². The van der Waals surface area contributed by atoms with Gasteiger partial charge in [0.25, 0.3) is 0 Å². The maximum absolute atomic E-state index is 11.8. The standard InChI is InChI=1S/C21H25NO5/c1-15(13-22-20(25)26-14-16-7-5-4-6-8-16)17-9-11-18(12-10-17)27-21(2,3)19(23)24/h4-12,15H,13-14H2,1-3H3,(H,22,25)(H,23,24). The molecule has 2 aromatic rings. The second-order valence-corrected chi connectivity index (χ2v) is 6.83. The van der Waals surface area contributed by atoms with Gasteiger partial charge in [0.2, 0.25) is 0 Å². The molecule has 144 valence electrons. The molecular weight excluding hydrogens is 346 g/mol. The van der Waals surface area contributed by atoms with Gasteiger partial charge < -0.3 is 19.9 Å². The first-order chi connectivity index (χ1) is 12.8. The summed E-state index contributed by atoms with van der Waals surface area (Å²) >= 11 is 0. The van der Waals surface area contributed by atoms with Crippen molar-refractivity contribution in [2.45, 2.75) is 38.9 Å². The van der Waals surface area contributed by atoms with Gasteiger partial charge in [0, 0.05) is 6.54 Å². The summed E-state index contributed by atoms with van der Waals surface area (Å²) in [6, 6.07) is 16.6. The highest BCUT2D eigenvalue weighted by atomic mass is 16.5. The van der Waals surface area contributed by atoms with Gasteiger partial charge in [-0.15, -0.1) is 0 Å². The van der Waals surface area contributed by atoms with Crippen LogP contribution in [0.5, 0.6) is 5.75 Å². The highest BCUT2D eigenvalue weighted by Crippen LogP contribution is 2.22. The van der Waals surface area contributed by atoms with Crippen LogP contribution in [0.1, 0.15) is 37.8 Å². The lowest BCUT2D eigenvalue weighted by Gasteiger charge is -2.22. The zero-order valence-electron chi connectivity index (χ0n) is 15.8. The zero-order valence-corrected chi connectivity index (χ0v) is 15.8.